The molecule has 0 aliphatic rings. The minimum Gasteiger partial charge on any atom is -0.344 e. The van der Waals surface area contributed by atoms with Gasteiger partial charge in [-0.3, -0.25) is 0 Å². The van der Waals surface area contributed by atoms with E-state index in [-0.39, 0.29) is 0 Å². The zero-order chi connectivity index (χ0) is 12.3. The predicted octanol–water partition coefficient (Wildman–Crippen LogP) is 2.67. The molecule has 2 rings (SSSR count). The summed E-state index contributed by atoms with van der Waals surface area (Å²) in [6.45, 7) is 5.00. The Morgan fingerprint density at radius 1 is 1.24 bits per heavy atom. The Kier molecular flexibility index (Phi) is 3.59. The Morgan fingerprint density at radius 2 is 1.94 bits per heavy atom. The molecule has 3 heteroatoms. The van der Waals surface area contributed by atoms with E-state index in [9.17, 15) is 0 Å². The van der Waals surface area contributed by atoms with Gasteiger partial charge in [0.25, 0.3) is 0 Å². The fraction of sp³-hybridized carbons (Fsp3) is 0.357. The maximum absolute atomic E-state index is 4.61. The van der Waals surface area contributed by atoms with Crippen LogP contribution in [0.5, 0.6) is 0 Å². The normalized spacial score (nSPS) is 10.8. The molecule has 0 bridgehead atoms. The molecule has 2 aromatic rings. The summed E-state index contributed by atoms with van der Waals surface area (Å²) in [6, 6.07) is 8.62. The molecule has 0 aliphatic heterocycles. The van der Waals surface area contributed by atoms with Crippen LogP contribution in [0.25, 0.3) is 11.3 Å². The highest BCUT2D eigenvalue weighted by Gasteiger charge is 2.08. The summed E-state index contributed by atoms with van der Waals surface area (Å²) in [5, 5.41) is 3.10. The van der Waals surface area contributed by atoms with Gasteiger partial charge in [-0.1, -0.05) is 31.2 Å². The van der Waals surface area contributed by atoms with Crippen molar-refractivity contribution >= 4 is 0 Å². The first-order valence-electron chi connectivity index (χ1n) is 6.04. The van der Waals surface area contributed by atoms with Crippen LogP contribution in [-0.2, 0) is 13.0 Å². The highest BCUT2D eigenvalue weighted by Crippen LogP contribution is 2.21. The maximum atomic E-state index is 4.61. The van der Waals surface area contributed by atoms with E-state index >= 15 is 0 Å². The predicted molar refractivity (Wildman–Crippen MR) is 70.9 cm³/mol. The van der Waals surface area contributed by atoms with Crippen LogP contribution >= 0.6 is 0 Å². The number of aromatic amines is 1. The molecule has 0 amide bonds. The quantitative estimate of drug-likeness (QED) is 0.846. The third-order valence-corrected chi connectivity index (χ3v) is 2.91. The van der Waals surface area contributed by atoms with Gasteiger partial charge in [-0.25, -0.2) is 4.98 Å². The fourth-order valence-electron chi connectivity index (χ4n) is 1.95. The number of imidazole rings is 1. The molecule has 1 heterocycles. The van der Waals surface area contributed by atoms with Gasteiger partial charge in [0.1, 0.15) is 5.82 Å². The van der Waals surface area contributed by atoms with Crippen LogP contribution in [0.2, 0.25) is 0 Å². The molecule has 1 aromatic heterocycles. The number of aromatic nitrogens is 2. The molecule has 90 valence electrons. The van der Waals surface area contributed by atoms with Crippen LogP contribution in [0.1, 0.15) is 24.0 Å². The van der Waals surface area contributed by atoms with E-state index in [2.05, 4.69) is 53.4 Å². The largest absolute Gasteiger partial charge is 0.344 e. The van der Waals surface area contributed by atoms with Crippen molar-refractivity contribution in [3.8, 4) is 11.3 Å². The Balaban J connectivity index is 2.31. The number of hydrogen-bond donors (Lipinski definition) is 2. The summed E-state index contributed by atoms with van der Waals surface area (Å²) in [5.41, 5.74) is 4.72. The molecule has 0 aliphatic carbocycles. The minimum absolute atomic E-state index is 0.772. The van der Waals surface area contributed by atoms with E-state index in [1.54, 1.807) is 0 Å². The lowest BCUT2D eigenvalue weighted by Gasteiger charge is -2.00. The standard InChI is InChI=1S/C14H19N3/c1-4-11-5-7-12(8-6-11)14-10(2)16-13(17-14)9-15-3/h5-8,15H,4,9H2,1-3H3,(H,16,17). The van der Waals surface area contributed by atoms with Gasteiger partial charge in [0.2, 0.25) is 0 Å². The summed E-state index contributed by atoms with van der Waals surface area (Å²) >= 11 is 0. The highest BCUT2D eigenvalue weighted by atomic mass is 15.0. The van der Waals surface area contributed by atoms with E-state index in [0.29, 0.717) is 0 Å². The molecule has 0 saturated carbocycles. The van der Waals surface area contributed by atoms with Gasteiger partial charge in [0.05, 0.1) is 12.2 Å². The van der Waals surface area contributed by atoms with Crippen LogP contribution < -0.4 is 5.32 Å². The molecule has 0 fully saturated rings. The van der Waals surface area contributed by atoms with Crippen molar-refractivity contribution in [3.05, 3.63) is 41.3 Å². The zero-order valence-electron chi connectivity index (χ0n) is 10.7. The Labute approximate surface area is 102 Å². The third kappa shape index (κ3) is 2.56. The number of hydrogen-bond acceptors (Lipinski definition) is 2. The fourth-order valence-corrected chi connectivity index (χ4v) is 1.95. The van der Waals surface area contributed by atoms with Crippen molar-refractivity contribution in [2.45, 2.75) is 26.8 Å². The van der Waals surface area contributed by atoms with E-state index in [4.69, 9.17) is 0 Å². The Hall–Kier alpha value is -1.61. The zero-order valence-corrected chi connectivity index (χ0v) is 10.7. The van der Waals surface area contributed by atoms with Crippen molar-refractivity contribution in [2.24, 2.45) is 0 Å². The van der Waals surface area contributed by atoms with E-state index < -0.39 is 0 Å². The van der Waals surface area contributed by atoms with Crippen molar-refractivity contribution in [1.29, 1.82) is 0 Å². The molecular weight excluding hydrogens is 210 g/mol. The molecule has 17 heavy (non-hydrogen) atoms. The van der Waals surface area contributed by atoms with Crippen LogP contribution in [0.15, 0.2) is 24.3 Å². The Morgan fingerprint density at radius 3 is 2.53 bits per heavy atom. The first-order chi connectivity index (χ1) is 8.24. The third-order valence-electron chi connectivity index (χ3n) is 2.91. The van der Waals surface area contributed by atoms with E-state index in [0.717, 1.165) is 30.2 Å². The summed E-state index contributed by atoms with van der Waals surface area (Å²) in [6.07, 6.45) is 1.07. The number of H-pyrrole nitrogens is 1. The molecule has 0 radical (unpaired) electrons. The highest BCUT2D eigenvalue weighted by molar-refractivity contribution is 5.62. The van der Waals surface area contributed by atoms with E-state index in [1.807, 2.05) is 7.05 Å². The average Bonchev–Trinajstić information content (AvgIpc) is 2.71. The summed E-state index contributed by atoms with van der Waals surface area (Å²) < 4.78 is 0. The van der Waals surface area contributed by atoms with Crippen molar-refractivity contribution in [2.75, 3.05) is 7.05 Å². The Bertz CT molecular complexity index is 483. The summed E-state index contributed by atoms with van der Waals surface area (Å²) in [7, 11) is 1.92. The van der Waals surface area contributed by atoms with Crippen LogP contribution in [-0.4, -0.2) is 17.0 Å². The number of aryl methyl sites for hydroxylation is 2. The molecule has 1 aromatic carbocycles. The second kappa shape index (κ2) is 5.15. The van der Waals surface area contributed by atoms with Crippen molar-refractivity contribution in [1.82, 2.24) is 15.3 Å². The van der Waals surface area contributed by atoms with Gasteiger partial charge in [0, 0.05) is 11.3 Å². The second-order valence-corrected chi connectivity index (χ2v) is 4.24. The molecular formula is C14H19N3. The minimum atomic E-state index is 0.772. The van der Waals surface area contributed by atoms with Crippen LogP contribution in [0.4, 0.5) is 0 Å². The molecule has 2 N–H and O–H groups in total. The first-order valence-corrected chi connectivity index (χ1v) is 6.04. The monoisotopic (exact) mass is 229 g/mol. The van der Waals surface area contributed by atoms with Gasteiger partial charge >= 0.3 is 0 Å². The lowest BCUT2D eigenvalue weighted by Crippen LogP contribution is -2.06. The molecule has 0 atom stereocenters. The summed E-state index contributed by atoms with van der Waals surface area (Å²) in [5.74, 6) is 0.986. The smallest absolute Gasteiger partial charge is 0.121 e. The number of nitrogens with one attached hydrogen (secondary N) is 2. The first kappa shape index (κ1) is 11.9. The number of benzene rings is 1. The van der Waals surface area contributed by atoms with Gasteiger partial charge < -0.3 is 10.3 Å². The molecule has 0 spiro atoms. The van der Waals surface area contributed by atoms with Crippen LogP contribution in [0.3, 0.4) is 0 Å². The van der Waals surface area contributed by atoms with Gasteiger partial charge in [-0.05, 0) is 26.0 Å². The van der Waals surface area contributed by atoms with Gasteiger partial charge in [0.15, 0.2) is 0 Å². The number of nitrogens with zero attached hydrogens (tertiary/aromatic N) is 1. The van der Waals surface area contributed by atoms with E-state index in [1.165, 1.54) is 11.1 Å². The lowest BCUT2D eigenvalue weighted by molar-refractivity contribution is 0.770. The topological polar surface area (TPSA) is 40.7 Å². The molecule has 0 saturated heterocycles. The second-order valence-electron chi connectivity index (χ2n) is 4.24. The SMILES string of the molecule is CCc1ccc(-c2nc(CNC)[nH]c2C)cc1. The van der Waals surface area contributed by atoms with Crippen molar-refractivity contribution in [3.63, 3.8) is 0 Å². The maximum Gasteiger partial charge on any atom is 0.121 e. The van der Waals surface area contributed by atoms with Crippen molar-refractivity contribution < 1.29 is 0 Å². The summed E-state index contributed by atoms with van der Waals surface area (Å²) in [4.78, 5) is 7.91. The number of rotatable bonds is 4. The molecule has 3 nitrogen and oxygen atoms in total. The van der Waals surface area contributed by atoms with Gasteiger partial charge in [-0.2, -0.15) is 0 Å². The van der Waals surface area contributed by atoms with Gasteiger partial charge in [-0.15, -0.1) is 0 Å². The molecule has 0 unspecified atom stereocenters. The average molecular weight is 229 g/mol. The lowest BCUT2D eigenvalue weighted by atomic mass is 10.1. The van der Waals surface area contributed by atoms with Crippen LogP contribution in [0, 0.1) is 6.92 Å².